The summed E-state index contributed by atoms with van der Waals surface area (Å²) in [5.74, 6) is 0.483. The molecular weight excluding hydrogens is 228 g/mol. The fourth-order valence-corrected chi connectivity index (χ4v) is 2.22. The van der Waals surface area contributed by atoms with E-state index in [0.717, 1.165) is 12.8 Å². The maximum absolute atomic E-state index is 12.4. The maximum atomic E-state index is 12.4. The van der Waals surface area contributed by atoms with E-state index in [0.29, 0.717) is 24.5 Å². The summed E-state index contributed by atoms with van der Waals surface area (Å²) in [5, 5.41) is 9.03. The van der Waals surface area contributed by atoms with Crippen LogP contribution in [0.25, 0.3) is 0 Å². The lowest BCUT2D eigenvalue weighted by Gasteiger charge is -2.20. The molecule has 0 saturated carbocycles. The van der Waals surface area contributed by atoms with Gasteiger partial charge in [0.25, 0.3) is 5.91 Å². The summed E-state index contributed by atoms with van der Waals surface area (Å²) >= 11 is 0. The Morgan fingerprint density at radius 1 is 1.56 bits per heavy atom. The number of nitrogens with zero attached hydrogens (tertiary/aromatic N) is 2. The van der Waals surface area contributed by atoms with Gasteiger partial charge >= 0.3 is 0 Å². The largest absolute Gasteiger partial charge is 0.493 e. The minimum Gasteiger partial charge on any atom is -0.493 e. The zero-order valence-corrected chi connectivity index (χ0v) is 10.4. The molecule has 1 fully saturated rings. The van der Waals surface area contributed by atoms with Gasteiger partial charge in [-0.15, -0.1) is 0 Å². The van der Waals surface area contributed by atoms with Gasteiger partial charge in [0.15, 0.2) is 0 Å². The van der Waals surface area contributed by atoms with Crippen LogP contribution in [-0.4, -0.2) is 30.0 Å². The Balaban J connectivity index is 2.26. The van der Waals surface area contributed by atoms with E-state index in [4.69, 9.17) is 10.00 Å². The Kier molecular flexibility index (Phi) is 3.83. The van der Waals surface area contributed by atoms with Crippen LogP contribution in [0.5, 0.6) is 5.75 Å². The summed E-state index contributed by atoms with van der Waals surface area (Å²) in [6.07, 6.45) is 1.65. The molecule has 1 atom stereocenters. The topological polar surface area (TPSA) is 53.3 Å². The molecule has 0 radical (unpaired) electrons. The maximum Gasteiger partial charge on any atom is 0.258 e. The van der Waals surface area contributed by atoms with Gasteiger partial charge in [-0.3, -0.25) is 4.79 Å². The second-order valence-corrected chi connectivity index (χ2v) is 4.21. The third-order valence-electron chi connectivity index (χ3n) is 3.08. The molecule has 0 bridgehead atoms. The Morgan fingerprint density at radius 3 is 3.06 bits per heavy atom. The summed E-state index contributed by atoms with van der Waals surface area (Å²) < 4.78 is 5.46. The standard InChI is InChI=1S/C14H16N2O2/c1-2-18-13-8-4-3-7-12(13)14(17)16-9-5-6-11(16)10-15/h3-4,7-8,11H,2,5-6,9H2,1H3. The van der Waals surface area contributed by atoms with E-state index in [9.17, 15) is 4.79 Å². The molecule has 1 unspecified atom stereocenters. The van der Waals surface area contributed by atoms with Gasteiger partial charge in [-0.05, 0) is 31.9 Å². The van der Waals surface area contributed by atoms with Gasteiger partial charge in [-0.1, -0.05) is 12.1 Å². The monoisotopic (exact) mass is 244 g/mol. The third-order valence-corrected chi connectivity index (χ3v) is 3.08. The van der Waals surface area contributed by atoms with Crippen molar-refractivity contribution in [1.82, 2.24) is 4.90 Å². The lowest BCUT2D eigenvalue weighted by atomic mass is 10.1. The van der Waals surface area contributed by atoms with E-state index in [-0.39, 0.29) is 11.9 Å². The SMILES string of the molecule is CCOc1ccccc1C(=O)N1CCCC1C#N. The summed E-state index contributed by atoms with van der Waals surface area (Å²) in [6, 6.07) is 9.07. The second-order valence-electron chi connectivity index (χ2n) is 4.21. The summed E-state index contributed by atoms with van der Waals surface area (Å²) in [5.41, 5.74) is 0.543. The molecule has 0 N–H and O–H groups in total. The Bertz CT molecular complexity index is 479. The number of amides is 1. The van der Waals surface area contributed by atoms with E-state index in [1.54, 1.807) is 17.0 Å². The van der Waals surface area contributed by atoms with Crippen LogP contribution >= 0.6 is 0 Å². The molecule has 1 amide bonds. The predicted molar refractivity (Wildman–Crippen MR) is 67.3 cm³/mol. The molecule has 0 aliphatic carbocycles. The normalized spacial score (nSPS) is 18.4. The molecule has 1 heterocycles. The first-order chi connectivity index (χ1) is 8.77. The molecule has 4 nitrogen and oxygen atoms in total. The second kappa shape index (κ2) is 5.54. The Morgan fingerprint density at radius 2 is 2.33 bits per heavy atom. The molecule has 1 aliphatic rings. The van der Waals surface area contributed by atoms with Crippen molar-refractivity contribution >= 4 is 5.91 Å². The van der Waals surface area contributed by atoms with Crippen molar-refractivity contribution in [1.29, 1.82) is 5.26 Å². The van der Waals surface area contributed by atoms with Crippen molar-refractivity contribution in [2.75, 3.05) is 13.2 Å². The van der Waals surface area contributed by atoms with Crippen LogP contribution in [0, 0.1) is 11.3 Å². The molecule has 1 saturated heterocycles. The van der Waals surface area contributed by atoms with E-state index in [1.807, 2.05) is 19.1 Å². The summed E-state index contributed by atoms with van der Waals surface area (Å²) in [4.78, 5) is 14.0. The molecule has 0 aromatic heterocycles. The van der Waals surface area contributed by atoms with Crippen molar-refractivity contribution < 1.29 is 9.53 Å². The summed E-state index contributed by atoms with van der Waals surface area (Å²) in [6.45, 7) is 3.05. The van der Waals surface area contributed by atoms with Crippen molar-refractivity contribution in [3.8, 4) is 11.8 Å². The zero-order chi connectivity index (χ0) is 13.0. The highest BCUT2D eigenvalue weighted by molar-refractivity contribution is 5.97. The third kappa shape index (κ3) is 2.30. The van der Waals surface area contributed by atoms with E-state index in [2.05, 4.69) is 6.07 Å². The van der Waals surface area contributed by atoms with Crippen molar-refractivity contribution in [3.63, 3.8) is 0 Å². The van der Waals surface area contributed by atoms with Crippen LogP contribution in [0.15, 0.2) is 24.3 Å². The fourth-order valence-electron chi connectivity index (χ4n) is 2.22. The molecule has 1 aromatic rings. The fraction of sp³-hybridized carbons (Fsp3) is 0.429. The zero-order valence-electron chi connectivity index (χ0n) is 10.4. The van der Waals surface area contributed by atoms with Crippen LogP contribution < -0.4 is 4.74 Å². The van der Waals surface area contributed by atoms with Gasteiger partial charge in [0.1, 0.15) is 11.8 Å². The Labute approximate surface area is 107 Å². The number of para-hydroxylation sites is 1. The molecule has 94 valence electrons. The van der Waals surface area contributed by atoms with Gasteiger partial charge in [0.2, 0.25) is 0 Å². The quantitative estimate of drug-likeness (QED) is 0.819. The van der Waals surface area contributed by atoms with Crippen LogP contribution in [0.3, 0.4) is 0 Å². The molecule has 4 heteroatoms. The van der Waals surface area contributed by atoms with Crippen LogP contribution in [-0.2, 0) is 0 Å². The van der Waals surface area contributed by atoms with Crippen LogP contribution in [0.4, 0.5) is 0 Å². The number of carbonyl (C=O) groups excluding carboxylic acids is 1. The minimum absolute atomic E-state index is 0.108. The van der Waals surface area contributed by atoms with E-state index < -0.39 is 0 Å². The molecule has 18 heavy (non-hydrogen) atoms. The van der Waals surface area contributed by atoms with E-state index >= 15 is 0 Å². The van der Waals surface area contributed by atoms with Gasteiger partial charge in [-0.2, -0.15) is 5.26 Å². The van der Waals surface area contributed by atoms with Gasteiger partial charge in [0, 0.05) is 6.54 Å². The van der Waals surface area contributed by atoms with Gasteiger partial charge < -0.3 is 9.64 Å². The molecule has 1 aromatic carbocycles. The molecule has 0 spiro atoms. The number of benzene rings is 1. The first kappa shape index (κ1) is 12.4. The Hall–Kier alpha value is -2.02. The lowest BCUT2D eigenvalue weighted by molar-refractivity contribution is 0.0760. The smallest absolute Gasteiger partial charge is 0.258 e. The first-order valence-corrected chi connectivity index (χ1v) is 6.20. The van der Waals surface area contributed by atoms with E-state index in [1.165, 1.54) is 0 Å². The van der Waals surface area contributed by atoms with Crippen molar-refractivity contribution in [2.24, 2.45) is 0 Å². The van der Waals surface area contributed by atoms with Gasteiger partial charge in [0.05, 0.1) is 18.2 Å². The predicted octanol–water partition coefficient (Wildman–Crippen LogP) is 2.21. The number of hydrogen-bond acceptors (Lipinski definition) is 3. The van der Waals surface area contributed by atoms with Crippen molar-refractivity contribution in [3.05, 3.63) is 29.8 Å². The first-order valence-electron chi connectivity index (χ1n) is 6.20. The van der Waals surface area contributed by atoms with Crippen molar-refractivity contribution in [2.45, 2.75) is 25.8 Å². The van der Waals surface area contributed by atoms with Crippen LogP contribution in [0.1, 0.15) is 30.1 Å². The molecule has 2 rings (SSSR count). The van der Waals surface area contributed by atoms with Gasteiger partial charge in [-0.25, -0.2) is 0 Å². The highest BCUT2D eigenvalue weighted by Crippen LogP contribution is 2.24. The highest BCUT2D eigenvalue weighted by atomic mass is 16.5. The number of nitriles is 1. The average Bonchev–Trinajstić information content (AvgIpc) is 2.87. The number of rotatable bonds is 3. The number of hydrogen-bond donors (Lipinski definition) is 0. The molecule has 1 aliphatic heterocycles. The minimum atomic E-state index is -0.299. The molecular formula is C14H16N2O2. The number of ether oxygens (including phenoxy) is 1. The summed E-state index contributed by atoms with van der Waals surface area (Å²) in [7, 11) is 0. The number of likely N-dealkylation sites (tertiary alicyclic amines) is 1. The average molecular weight is 244 g/mol. The lowest BCUT2D eigenvalue weighted by Crippen LogP contribution is -2.34. The van der Waals surface area contributed by atoms with Crippen LogP contribution in [0.2, 0.25) is 0 Å². The highest BCUT2D eigenvalue weighted by Gasteiger charge is 2.30. The number of carbonyl (C=O) groups is 1.